The number of nitrogens with zero attached hydrogens (tertiary/aromatic N) is 1. The normalized spacial score (nSPS) is 18.8. The SMILES string of the molecule is COc1cc(C2=NC(=O)C(C)S2)ccc1B(O)O. The molecule has 0 fully saturated rings. The molecule has 2 rings (SSSR count). The topological polar surface area (TPSA) is 79.1 Å². The minimum absolute atomic E-state index is 0.153. The fourth-order valence-corrected chi connectivity index (χ4v) is 2.52. The van der Waals surface area contributed by atoms with Gasteiger partial charge in [0, 0.05) is 11.0 Å². The molecule has 1 amide bonds. The maximum absolute atomic E-state index is 11.4. The number of methoxy groups -OCH3 is 1. The smallest absolute Gasteiger partial charge is 0.492 e. The molecule has 0 aliphatic carbocycles. The van der Waals surface area contributed by atoms with Crippen molar-refractivity contribution in [2.45, 2.75) is 12.2 Å². The summed E-state index contributed by atoms with van der Waals surface area (Å²) in [5, 5.41) is 18.8. The lowest BCUT2D eigenvalue weighted by Crippen LogP contribution is -2.31. The standard InChI is InChI=1S/C11H12BNO4S/c1-6-10(14)13-11(18-6)7-3-4-8(12(15)16)9(5-7)17-2/h3-6,15-16H,1-2H3. The van der Waals surface area contributed by atoms with Gasteiger partial charge in [-0.3, -0.25) is 4.79 Å². The summed E-state index contributed by atoms with van der Waals surface area (Å²) < 4.78 is 5.09. The van der Waals surface area contributed by atoms with E-state index in [1.165, 1.54) is 18.9 Å². The largest absolute Gasteiger partial charge is 0.497 e. The van der Waals surface area contributed by atoms with Crippen LogP contribution in [-0.2, 0) is 4.79 Å². The first kappa shape index (κ1) is 13.1. The molecule has 94 valence electrons. The Balaban J connectivity index is 2.37. The molecule has 1 unspecified atom stereocenters. The molecule has 1 aromatic carbocycles. The molecule has 7 heteroatoms. The van der Waals surface area contributed by atoms with Crippen LogP contribution in [0.1, 0.15) is 12.5 Å². The van der Waals surface area contributed by atoms with Gasteiger partial charge in [-0.25, -0.2) is 4.99 Å². The summed E-state index contributed by atoms with van der Waals surface area (Å²) in [6, 6.07) is 4.88. The number of hydrogen-bond acceptors (Lipinski definition) is 5. The van der Waals surface area contributed by atoms with Gasteiger partial charge in [0.15, 0.2) is 0 Å². The molecule has 0 saturated carbocycles. The maximum Gasteiger partial charge on any atom is 0.492 e. The lowest BCUT2D eigenvalue weighted by molar-refractivity contribution is -0.116. The molecule has 0 spiro atoms. The second-order valence-electron chi connectivity index (χ2n) is 3.85. The van der Waals surface area contributed by atoms with Gasteiger partial charge in [0.2, 0.25) is 0 Å². The van der Waals surface area contributed by atoms with E-state index in [-0.39, 0.29) is 16.6 Å². The predicted molar refractivity (Wildman–Crippen MR) is 71.4 cm³/mol. The molecule has 1 aliphatic heterocycles. The summed E-state index contributed by atoms with van der Waals surface area (Å²) in [5.74, 6) is 0.207. The zero-order valence-electron chi connectivity index (χ0n) is 9.95. The van der Waals surface area contributed by atoms with Crippen molar-refractivity contribution in [2.75, 3.05) is 7.11 Å². The average molecular weight is 265 g/mol. The third kappa shape index (κ3) is 2.43. The fourth-order valence-electron chi connectivity index (χ4n) is 1.63. The van der Waals surface area contributed by atoms with Crippen molar-refractivity contribution < 1.29 is 19.6 Å². The first-order valence-electron chi connectivity index (χ1n) is 5.36. The molecular formula is C11H12BNO4S. The van der Waals surface area contributed by atoms with Gasteiger partial charge in [0.25, 0.3) is 5.91 Å². The van der Waals surface area contributed by atoms with Gasteiger partial charge in [0.1, 0.15) is 10.8 Å². The lowest BCUT2D eigenvalue weighted by Gasteiger charge is -2.09. The van der Waals surface area contributed by atoms with Crippen LogP contribution in [0.25, 0.3) is 0 Å². The molecule has 0 bridgehead atoms. The highest BCUT2D eigenvalue weighted by molar-refractivity contribution is 8.16. The van der Waals surface area contributed by atoms with E-state index in [1.54, 1.807) is 25.1 Å². The van der Waals surface area contributed by atoms with Crippen LogP contribution in [0.4, 0.5) is 0 Å². The molecule has 1 aromatic rings. The zero-order chi connectivity index (χ0) is 13.3. The van der Waals surface area contributed by atoms with E-state index in [4.69, 9.17) is 14.8 Å². The average Bonchev–Trinajstić information content (AvgIpc) is 2.68. The fraction of sp³-hybridized carbons (Fsp3) is 0.273. The number of thioether (sulfide) groups is 1. The van der Waals surface area contributed by atoms with Crippen molar-refractivity contribution in [3.05, 3.63) is 23.8 Å². The second kappa shape index (κ2) is 5.13. The number of amides is 1. The summed E-state index contributed by atoms with van der Waals surface area (Å²) in [6.45, 7) is 1.80. The summed E-state index contributed by atoms with van der Waals surface area (Å²) >= 11 is 1.38. The number of rotatable bonds is 3. The van der Waals surface area contributed by atoms with Crippen molar-refractivity contribution in [1.82, 2.24) is 0 Å². The molecule has 0 aromatic heterocycles. The Morgan fingerprint density at radius 1 is 1.44 bits per heavy atom. The van der Waals surface area contributed by atoms with Crippen LogP contribution in [0.2, 0.25) is 0 Å². The van der Waals surface area contributed by atoms with Crippen molar-refractivity contribution in [2.24, 2.45) is 4.99 Å². The van der Waals surface area contributed by atoms with Gasteiger partial charge in [0.05, 0.1) is 12.4 Å². The zero-order valence-corrected chi connectivity index (χ0v) is 10.8. The van der Waals surface area contributed by atoms with Crippen molar-refractivity contribution in [1.29, 1.82) is 0 Å². The van der Waals surface area contributed by atoms with Crippen LogP contribution >= 0.6 is 11.8 Å². The molecule has 18 heavy (non-hydrogen) atoms. The van der Waals surface area contributed by atoms with Crippen molar-refractivity contribution in [3.8, 4) is 5.75 Å². The van der Waals surface area contributed by atoms with Crippen LogP contribution in [0.15, 0.2) is 23.2 Å². The monoisotopic (exact) mass is 265 g/mol. The Kier molecular flexibility index (Phi) is 3.75. The Morgan fingerprint density at radius 2 is 2.17 bits per heavy atom. The Hall–Kier alpha value is -1.31. The number of aliphatic imine (C=N–C) groups is 1. The second-order valence-corrected chi connectivity index (χ2v) is 5.18. The number of hydrogen-bond donors (Lipinski definition) is 2. The number of benzene rings is 1. The highest BCUT2D eigenvalue weighted by Crippen LogP contribution is 2.27. The first-order chi connectivity index (χ1) is 8.52. The van der Waals surface area contributed by atoms with E-state index in [2.05, 4.69) is 4.99 Å². The number of carbonyl (C=O) groups is 1. The molecule has 1 aliphatic rings. The third-order valence-corrected chi connectivity index (χ3v) is 3.71. The number of ether oxygens (including phenoxy) is 1. The summed E-state index contributed by atoms with van der Waals surface area (Å²) in [6.07, 6.45) is 0. The molecule has 1 atom stereocenters. The maximum atomic E-state index is 11.4. The van der Waals surface area contributed by atoms with Crippen LogP contribution in [0.5, 0.6) is 5.75 Å². The minimum atomic E-state index is -1.59. The van der Waals surface area contributed by atoms with E-state index >= 15 is 0 Å². The van der Waals surface area contributed by atoms with Gasteiger partial charge in [-0.1, -0.05) is 23.9 Å². The van der Waals surface area contributed by atoms with E-state index in [0.29, 0.717) is 10.8 Å². The minimum Gasteiger partial charge on any atom is -0.497 e. The van der Waals surface area contributed by atoms with Crippen molar-refractivity contribution in [3.63, 3.8) is 0 Å². The van der Waals surface area contributed by atoms with E-state index in [1.807, 2.05) is 0 Å². The summed E-state index contributed by atoms with van der Waals surface area (Å²) in [5.41, 5.74) is 1.02. The van der Waals surface area contributed by atoms with E-state index in [0.717, 1.165) is 5.56 Å². The molecule has 1 heterocycles. The molecule has 0 radical (unpaired) electrons. The Morgan fingerprint density at radius 3 is 2.67 bits per heavy atom. The van der Waals surface area contributed by atoms with Gasteiger partial charge in [-0.05, 0) is 13.0 Å². The molecular weight excluding hydrogens is 253 g/mol. The highest BCUT2D eigenvalue weighted by Gasteiger charge is 2.26. The van der Waals surface area contributed by atoms with Crippen LogP contribution < -0.4 is 10.2 Å². The number of carbonyl (C=O) groups excluding carboxylic acids is 1. The predicted octanol–water partition coefficient (Wildman–Crippen LogP) is -0.217. The summed E-state index contributed by atoms with van der Waals surface area (Å²) in [7, 11) is -0.143. The van der Waals surface area contributed by atoms with Gasteiger partial charge in [-0.15, -0.1) is 0 Å². The molecule has 5 nitrogen and oxygen atoms in total. The van der Waals surface area contributed by atoms with Gasteiger partial charge in [-0.2, -0.15) is 0 Å². The first-order valence-corrected chi connectivity index (χ1v) is 6.24. The van der Waals surface area contributed by atoms with Crippen LogP contribution in [0, 0.1) is 0 Å². The molecule has 0 saturated heterocycles. The Bertz CT molecular complexity index is 518. The highest BCUT2D eigenvalue weighted by atomic mass is 32.2. The van der Waals surface area contributed by atoms with E-state index in [9.17, 15) is 4.79 Å². The Labute approximate surface area is 109 Å². The molecule has 2 N–H and O–H groups in total. The van der Waals surface area contributed by atoms with Crippen LogP contribution in [0.3, 0.4) is 0 Å². The quantitative estimate of drug-likeness (QED) is 0.739. The van der Waals surface area contributed by atoms with Crippen LogP contribution in [-0.4, -0.2) is 40.5 Å². The van der Waals surface area contributed by atoms with Gasteiger partial charge < -0.3 is 14.8 Å². The van der Waals surface area contributed by atoms with Crippen molar-refractivity contribution >= 4 is 35.3 Å². The lowest BCUT2D eigenvalue weighted by atomic mass is 9.79. The summed E-state index contributed by atoms with van der Waals surface area (Å²) in [4.78, 5) is 15.3. The third-order valence-electron chi connectivity index (χ3n) is 2.61. The van der Waals surface area contributed by atoms with Gasteiger partial charge >= 0.3 is 7.12 Å². The van der Waals surface area contributed by atoms with E-state index < -0.39 is 7.12 Å².